The van der Waals surface area contributed by atoms with Gasteiger partial charge in [0.05, 0.1) is 0 Å². The predicted octanol–water partition coefficient (Wildman–Crippen LogP) is 4.32. The zero-order chi connectivity index (χ0) is 20.7. The quantitative estimate of drug-likeness (QED) is 0.651. The Morgan fingerprint density at radius 1 is 1.13 bits per heavy atom. The Morgan fingerprint density at radius 2 is 1.90 bits per heavy atom. The summed E-state index contributed by atoms with van der Waals surface area (Å²) in [6.07, 6.45) is 1.77. The molecule has 0 radical (unpaired) electrons. The Bertz CT molecular complexity index is 1070. The third-order valence-electron chi connectivity index (χ3n) is 6.44. The summed E-state index contributed by atoms with van der Waals surface area (Å²) in [6.45, 7) is 5.05. The van der Waals surface area contributed by atoms with Gasteiger partial charge in [-0.2, -0.15) is 0 Å². The third kappa shape index (κ3) is 3.31. The predicted molar refractivity (Wildman–Crippen MR) is 112 cm³/mol. The van der Waals surface area contributed by atoms with E-state index < -0.39 is 0 Å². The molecule has 2 aliphatic heterocycles. The number of aryl methyl sites for hydroxylation is 1. The second-order valence-electron chi connectivity index (χ2n) is 8.42. The molecule has 0 N–H and O–H groups in total. The Hall–Kier alpha value is -2.99. The minimum atomic E-state index is -0.258. The number of rotatable bonds is 3. The number of hydrogen-bond donors (Lipinski definition) is 0. The summed E-state index contributed by atoms with van der Waals surface area (Å²) in [7, 11) is 0. The first-order valence-electron chi connectivity index (χ1n) is 10.4. The summed E-state index contributed by atoms with van der Waals surface area (Å²) in [4.78, 5) is 17.3. The molecule has 2 aromatic carbocycles. The zero-order valence-electron chi connectivity index (χ0n) is 17.0. The van der Waals surface area contributed by atoms with Gasteiger partial charge in [0.15, 0.2) is 5.69 Å². The maximum absolute atomic E-state index is 14.2. The van der Waals surface area contributed by atoms with Gasteiger partial charge in [-0.25, -0.2) is 4.39 Å². The first kappa shape index (κ1) is 19.0. The molecule has 5 nitrogen and oxygen atoms in total. The molecule has 1 fully saturated rings. The van der Waals surface area contributed by atoms with E-state index in [9.17, 15) is 9.18 Å². The number of fused-ring (bicyclic) bond motifs is 2. The molecule has 0 bridgehead atoms. The molecule has 6 heteroatoms. The minimum absolute atomic E-state index is 0.191. The summed E-state index contributed by atoms with van der Waals surface area (Å²) in [6, 6.07) is 16.9. The van der Waals surface area contributed by atoms with Crippen LogP contribution < -0.4 is 4.90 Å². The molecule has 3 aromatic rings. The summed E-state index contributed by atoms with van der Waals surface area (Å²) >= 11 is 0. The van der Waals surface area contributed by atoms with Crippen molar-refractivity contribution < 1.29 is 13.7 Å². The number of carbonyl (C=O) groups excluding carboxylic acids is 1. The van der Waals surface area contributed by atoms with Crippen LogP contribution in [0, 0.1) is 12.7 Å². The Morgan fingerprint density at radius 3 is 2.60 bits per heavy atom. The zero-order valence-corrected chi connectivity index (χ0v) is 17.0. The molecule has 1 spiro atoms. The highest BCUT2D eigenvalue weighted by atomic mass is 19.1. The van der Waals surface area contributed by atoms with Crippen LogP contribution in [0.5, 0.6) is 0 Å². The van der Waals surface area contributed by atoms with Crippen molar-refractivity contribution in [3.63, 3.8) is 0 Å². The van der Waals surface area contributed by atoms with Gasteiger partial charge in [-0.05, 0) is 62.2 Å². The second kappa shape index (κ2) is 7.36. The first-order valence-corrected chi connectivity index (χ1v) is 10.4. The van der Waals surface area contributed by atoms with E-state index in [0.717, 1.165) is 43.7 Å². The van der Waals surface area contributed by atoms with E-state index in [4.69, 9.17) is 4.52 Å². The van der Waals surface area contributed by atoms with E-state index in [2.05, 4.69) is 34.3 Å². The van der Waals surface area contributed by atoms with E-state index in [0.29, 0.717) is 18.0 Å². The fraction of sp³-hybridized carbons (Fsp3) is 0.333. The highest BCUT2D eigenvalue weighted by molar-refractivity contribution is 6.06. The van der Waals surface area contributed by atoms with E-state index >= 15 is 0 Å². The lowest BCUT2D eigenvalue weighted by Crippen LogP contribution is -2.45. The van der Waals surface area contributed by atoms with Crippen LogP contribution >= 0.6 is 0 Å². The third-order valence-corrected chi connectivity index (χ3v) is 6.44. The summed E-state index contributed by atoms with van der Waals surface area (Å²) in [5, 5.41) is 3.89. The van der Waals surface area contributed by atoms with Gasteiger partial charge in [-0.1, -0.05) is 35.5 Å². The Balaban J connectivity index is 1.40. The molecule has 30 heavy (non-hydrogen) atoms. The molecule has 1 aromatic heterocycles. The number of aromatic nitrogens is 1. The number of halogens is 1. The van der Waals surface area contributed by atoms with E-state index in [1.54, 1.807) is 30.0 Å². The van der Waals surface area contributed by atoms with Crippen molar-refractivity contribution in [3.8, 4) is 0 Å². The number of likely N-dealkylation sites (tertiary alicyclic amines) is 1. The Kier molecular flexibility index (Phi) is 4.66. The molecule has 0 saturated carbocycles. The largest absolute Gasteiger partial charge is 0.361 e. The number of hydrogen-bond acceptors (Lipinski definition) is 4. The second-order valence-corrected chi connectivity index (χ2v) is 8.42. The van der Waals surface area contributed by atoms with Gasteiger partial charge in [0.1, 0.15) is 11.6 Å². The van der Waals surface area contributed by atoms with Crippen LogP contribution in [0.15, 0.2) is 59.1 Å². The molecule has 1 amide bonds. The van der Waals surface area contributed by atoms with Crippen molar-refractivity contribution in [2.45, 2.75) is 31.7 Å². The SMILES string of the molecule is Cc1cc(C(=O)N2CC3(CCN(Cc4ccccc4)CC3)c3cc(F)ccc32)no1. The van der Waals surface area contributed by atoms with Crippen molar-refractivity contribution >= 4 is 11.6 Å². The summed E-state index contributed by atoms with van der Waals surface area (Å²) in [5.41, 5.74) is 3.10. The van der Waals surface area contributed by atoms with Crippen LogP contribution in [-0.4, -0.2) is 35.6 Å². The monoisotopic (exact) mass is 405 g/mol. The number of carbonyl (C=O) groups is 1. The lowest BCUT2D eigenvalue weighted by Gasteiger charge is -2.40. The van der Waals surface area contributed by atoms with E-state index in [1.807, 2.05) is 6.07 Å². The molecular weight excluding hydrogens is 381 g/mol. The highest BCUT2D eigenvalue weighted by Gasteiger charge is 2.47. The van der Waals surface area contributed by atoms with Crippen molar-refractivity contribution in [2.75, 3.05) is 24.5 Å². The van der Waals surface area contributed by atoms with Crippen LogP contribution in [0.4, 0.5) is 10.1 Å². The molecule has 3 heterocycles. The maximum Gasteiger partial charge on any atom is 0.280 e. The van der Waals surface area contributed by atoms with Crippen LogP contribution in [-0.2, 0) is 12.0 Å². The average molecular weight is 405 g/mol. The molecule has 0 aliphatic carbocycles. The molecule has 0 unspecified atom stereocenters. The number of nitrogens with zero attached hydrogens (tertiary/aromatic N) is 3. The van der Waals surface area contributed by atoms with Gasteiger partial charge in [-0.15, -0.1) is 0 Å². The van der Waals surface area contributed by atoms with Crippen LogP contribution in [0.25, 0.3) is 0 Å². The van der Waals surface area contributed by atoms with Crippen molar-refractivity contribution in [1.29, 1.82) is 0 Å². The van der Waals surface area contributed by atoms with Crippen molar-refractivity contribution in [3.05, 3.63) is 83.0 Å². The molecule has 1 saturated heterocycles. The van der Waals surface area contributed by atoms with Crippen LogP contribution in [0.2, 0.25) is 0 Å². The molecule has 2 aliphatic rings. The van der Waals surface area contributed by atoms with Gasteiger partial charge >= 0.3 is 0 Å². The van der Waals surface area contributed by atoms with Gasteiger partial charge in [0.2, 0.25) is 0 Å². The lowest BCUT2D eigenvalue weighted by atomic mass is 9.74. The fourth-order valence-electron chi connectivity index (χ4n) is 4.84. The van der Waals surface area contributed by atoms with Crippen LogP contribution in [0.1, 0.15) is 40.2 Å². The van der Waals surface area contributed by atoms with Crippen molar-refractivity contribution in [1.82, 2.24) is 10.1 Å². The van der Waals surface area contributed by atoms with Crippen molar-refractivity contribution in [2.24, 2.45) is 0 Å². The smallest absolute Gasteiger partial charge is 0.280 e. The van der Waals surface area contributed by atoms with Gasteiger partial charge < -0.3 is 9.42 Å². The van der Waals surface area contributed by atoms with Gasteiger partial charge in [0, 0.05) is 30.3 Å². The molecule has 0 atom stereocenters. The fourth-order valence-corrected chi connectivity index (χ4v) is 4.84. The van der Waals surface area contributed by atoms with Gasteiger partial charge in [-0.3, -0.25) is 9.69 Å². The Labute approximate surface area is 175 Å². The summed E-state index contributed by atoms with van der Waals surface area (Å²) in [5.74, 6) is 0.149. The number of piperidine rings is 1. The number of anilines is 1. The summed E-state index contributed by atoms with van der Waals surface area (Å²) < 4.78 is 19.3. The average Bonchev–Trinajstić information content (AvgIpc) is 3.32. The molecule has 5 rings (SSSR count). The lowest BCUT2D eigenvalue weighted by molar-refractivity contribution is 0.0967. The topological polar surface area (TPSA) is 49.6 Å². The standard InChI is InChI=1S/C24H24FN3O2/c1-17-13-21(26-30-17)23(29)28-16-24(20-14-19(25)7-8-22(20)28)9-11-27(12-10-24)15-18-5-3-2-4-6-18/h2-8,13-14H,9-12,15-16H2,1H3. The maximum atomic E-state index is 14.2. The normalized spacial score (nSPS) is 18.0. The van der Waals surface area contributed by atoms with Gasteiger partial charge in [0.25, 0.3) is 5.91 Å². The number of benzene rings is 2. The molecule has 154 valence electrons. The van der Waals surface area contributed by atoms with E-state index in [-0.39, 0.29) is 17.1 Å². The van der Waals surface area contributed by atoms with E-state index in [1.165, 1.54) is 11.6 Å². The van der Waals surface area contributed by atoms with Crippen LogP contribution in [0.3, 0.4) is 0 Å². The first-order chi connectivity index (χ1) is 14.5. The highest BCUT2D eigenvalue weighted by Crippen LogP contribution is 2.47. The number of amides is 1. The molecular formula is C24H24FN3O2. The minimum Gasteiger partial charge on any atom is -0.361 e.